The number of hydrogen-bond donors (Lipinski definition) is 1. The highest BCUT2D eigenvalue weighted by molar-refractivity contribution is 14.1. The van der Waals surface area contributed by atoms with Crippen LogP contribution in [0.4, 0.5) is 0 Å². The number of ether oxygens (including phenoxy) is 3. The van der Waals surface area contributed by atoms with Crippen LogP contribution in [0.15, 0.2) is 70.2 Å². The molecule has 0 fully saturated rings. The molecule has 4 aromatic rings. The third kappa shape index (κ3) is 6.45. The Morgan fingerprint density at radius 2 is 1.86 bits per heavy atom. The second-order valence-corrected chi connectivity index (χ2v) is 9.80. The number of fused-ring (bicyclic) bond motifs is 1. The number of rotatable bonds is 9. The predicted molar refractivity (Wildman–Crippen MR) is 152 cm³/mol. The van der Waals surface area contributed by atoms with E-state index in [0.29, 0.717) is 30.3 Å². The van der Waals surface area contributed by atoms with Gasteiger partial charge < -0.3 is 18.6 Å². The van der Waals surface area contributed by atoms with Gasteiger partial charge in [0.05, 0.1) is 23.5 Å². The van der Waals surface area contributed by atoms with Crippen LogP contribution in [0.2, 0.25) is 0 Å². The van der Waals surface area contributed by atoms with Crippen molar-refractivity contribution in [2.75, 3.05) is 13.7 Å². The summed E-state index contributed by atoms with van der Waals surface area (Å²) < 4.78 is 24.7. The van der Waals surface area contributed by atoms with Crippen LogP contribution in [0.5, 0.6) is 17.2 Å². The number of nitrogens with zero attached hydrogens (tertiary/aromatic N) is 1. The van der Waals surface area contributed by atoms with E-state index in [1.807, 2.05) is 43.3 Å². The molecular weight excluding hydrogens is 674 g/mol. The summed E-state index contributed by atoms with van der Waals surface area (Å²) in [6.07, 6.45) is 1.54. The average molecular weight is 696 g/mol. The van der Waals surface area contributed by atoms with Gasteiger partial charge in [0.1, 0.15) is 17.9 Å². The highest BCUT2D eigenvalue weighted by Crippen LogP contribution is 2.34. The van der Waals surface area contributed by atoms with Crippen LogP contribution in [0.3, 0.4) is 0 Å². The van der Waals surface area contributed by atoms with Crippen LogP contribution in [0, 0.1) is 7.14 Å². The summed E-state index contributed by atoms with van der Waals surface area (Å²) in [7, 11) is 1.59. The average Bonchev–Trinajstić information content (AvgIpc) is 3.28. The number of hydrogen-bond acceptors (Lipinski definition) is 6. The second kappa shape index (κ2) is 11.8. The van der Waals surface area contributed by atoms with Gasteiger partial charge in [-0.05, 0) is 112 Å². The molecule has 0 aliphatic rings. The van der Waals surface area contributed by atoms with Gasteiger partial charge in [-0.1, -0.05) is 12.1 Å². The van der Waals surface area contributed by atoms with Gasteiger partial charge in [-0.25, -0.2) is 5.43 Å². The first-order chi connectivity index (χ1) is 17.0. The molecule has 7 nitrogen and oxygen atoms in total. The van der Waals surface area contributed by atoms with E-state index in [-0.39, 0.29) is 5.76 Å². The van der Waals surface area contributed by atoms with E-state index >= 15 is 0 Å². The molecule has 1 heterocycles. The molecule has 0 atom stereocenters. The molecule has 1 aromatic heterocycles. The van der Waals surface area contributed by atoms with Crippen LogP contribution in [0.25, 0.3) is 11.0 Å². The summed E-state index contributed by atoms with van der Waals surface area (Å²) in [5.41, 5.74) is 4.92. The molecule has 4 rings (SSSR count). The molecule has 0 radical (unpaired) electrons. The lowest BCUT2D eigenvalue weighted by atomic mass is 10.2. The molecule has 9 heteroatoms. The van der Waals surface area contributed by atoms with Crippen molar-refractivity contribution in [2.45, 2.75) is 13.5 Å². The first-order valence-corrected chi connectivity index (χ1v) is 12.9. The molecule has 0 bridgehead atoms. The highest BCUT2D eigenvalue weighted by atomic mass is 127. The van der Waals surface area contributed by atoms with Crippen molar-refractivity contribution >= 4 is 68.3 Å². The van der Waals surface area contributed by atoms with E-state index in [0.717, 1.165) is 25.8 Å². The molecule has 180 valence electrons. The quantitative estimate of drug-likeness (QED) is 0.125. The minimum absolute atomic E-state index is 0.164. The van der Waals surface area contributed by atoms with Gasteiger partial charge in [0, 0.05) is 8.96 Å². The zero-order valence-corrected chi connectivity index (χ0v) is 23.3. The van der Waals surface area contributed by atoms with Crippen LogP contribution in [0.1, 0.15) is 28.6 Å². The standard InChI is InChI=1S/C26H22I2N2O5/c1-3-33-20-8-9-22-18(12-20)13-24(35-22)26(31)30-29-14-17-10-21(28)25(23(11-17)32-2)34-15-16-4-6-19(27)7-5-16/h4-14H,3,15H2,1-2H3,(H,30,31)/b29-14+. The molecule has 1 amide bonds. The van der Waals surface area contributed by atoms with Gasteiger partial charge >= 0.3 is 5.91 Å². The van der Waals surface area contributed by atoms with Crippen LogP contribution in [-0.2, 0) is 6.61 Å². The van der Waals surface area contributed by atoms with E-state index in [4.69, 9.17) is 18.6 Å². The van der Waals surface area contributed by atoms with Crippen LogP contribution in [-0.4, -0.2) is 25.8 Å². The largest absolute Gasteiger partial charge is 0.494 e. The highest BCUT2D eigenvalue weighted by Gasteiger charge is 2.14. The molecule has 0 saturated carbocycles. The molecule has 0 saturated heterocycles. The molecule has 0 spiro atoms. The van der Waals surface area contributed by atoms with Crippen LogP contribution >= 0.6 is 45.2 Å². The smallest absolute Gasteiger partial charge is 0.307 e. The summed E-state index contributed by atoms with van der Waals surface area (Å²) in [6, 6.07) is 18.9. The number of hydrazone groups is 1. The predicted octanol–water partition coefficient (Wildman–Crippen LogP) is 6.39. The van der Waals surface area contributed by atoms with Gasteiger partial charge in [0.25, 0.3) is 0 Å². The number of halogens is 2. The number of carbonyl (C=O) groups excluding carboxylic acids is 1. The van der Waals surface area contributed by atoms with Crippen molar-refractivity contribution in [2.24, 2.45) is 5.10 Å². The Morgan fingerprint density at radius 3 is 2.60 bits per heavy atom. The van der Waals surface area contributed by atoms with Crippen molar-refractivity contribution in [1.29, 1.82) is 0 Å². The number of carbonyl (C=O) groups is 1. The third-order valence-electron chi connectivity index (χ3n) is 4.95. The maximum atomic E-state index is 12.5. The SMILES string of the molecule is CCOc1ccc2oc(C(=O)N/N=C/c3cc(I)c(OCc4ccc(I)cc4)c(OC)c3)cc2c1. The molecule has 0 aliphatic heterocycles. The molecule has 35 heavy (non-hydrogen) atoms. The number of amides is 1. The van der Waals surface area contributed by atoms with E-state index < -0.39 is 5.91 Å². The molecule has 0 unspecified atom stereocenters. The molecule has 0 aliphatic carbocycles. The van der Waals surface area contributed by atoms with Crippen molar-refractivity contribution in [3.63, 3.8) is 0 Å². The summed E-state index contributed by atoms with van der Waals surface area (Å²) in [6.45, 7) is 2.91. The topological polar surface area (TPSA) is 82.3 Å². The molecular formula is C26H22I2N2O5. The summed E-state index contributed by atoms with van der Waals surface area (Å²) in [5, 5.41) is 4.86. The fourth-order valence-corrected chi connectivity index (χ4v) is 4.44. The van der Waals surface area contributed by atoms with Crippen molar-refractivity contribution in [3.05, 3.63) is 84.7 Å². The lowest BCUT2D eigenvalue weighted by Crippen LogP contribution is -2.16. The minimum Gasteiger partial charge on any atom is -0.494 e. The van der Waals surface area contributed by atoms with E-state index in [1.54, 1.807) is 37.6 Å². The first-order valence-electron chi connectivity index (χ1n) is 10.7. The lowest BCUT2D eigenvalue weighted by Gasteiger charge is -2.13. The summed E-state index contributed by atoms with van der Waals surface area (Å²) in [4.78, 5) is 12.5. The minimum atomic E-state index is -0.449. The summed E-state index contributed by atoms with van der Waals surface area (Å²) >= 11 is 4.46. The lowest BCUT2D eigenvalue weighted by molar-refractivity contribution is 0.0929. The number of methoxy groups -OCH3 is 1. The Hall–Kier alpha value is -2.80. The maximum absolute atomic E-state index is 12.5. The number of furan rings is 1. The summed E-state index contributed by atoms with van der Waals surface area (Å²) in [5.74, 6) is 1.67. The van der Waals surface area contributed by atoms with Crippen molar-refractivity contribution in [3.8, 4) is 17.2 Å². The fourth-order valence-electron chi connectivity index (χ4n) is 3.30. The fraction of sp³-hybridized carbons (Fsp3) is 0.154. The Kier molecular flexibility index (Phi) is 8.50. The molecule has 1 N–H and O–H groups in total. The zero-order chi connectivity index (χ0) is 24.8. The second-order valence-electron chi connectivity index (χ2n) is 7.39. The monoisotopic (exact) mass is 696 g/mol. The number of benzene rings is 3. The van der Waals surface area contributed by atoms with E-state index in [1.165, 1.54) is 3.57 Å². The van der Waals surface area contributed by atoms with Gasteiger partial charge in [0.15, 0.2) is 17.3 Å². The zero-order valence-electron chi connectivity index (χ0n) is 19.0. The Morgan fingerprint density at radius 1 is 1.06 bits per heavy atom. The number of nitrogens with one attached hydrogen (secondary N) is 1. The van der Waals surface area contributed by atoms with Gasteiger partial charge in [-0.2, -0.15) is 5.10 Å². The van der Waals surface area contributed by atoms with Gasteiger partial charge in [-0.15, -0.1) is 0 Å². The Balaban J connectivity index is 1.42. The van der Waals surface area contributed by atoms with Crippen molar-refractivity contribution < 1.29 is 23.4 Å². The Labute approximate surface area is 230 Å². The van der Waals surface area contributed by atoms with Crippen molar-refractivity contribution in [1.82, 2.24) is 5.43 Å². The maximum Gasteiger partial charge on any atom is 0.307 e. The third-order valence-corrected chi connectivity index (χ3v) is 6.47. The van der Waals surface area contributed by atoms with Gasteiger partial charge in [-0.3, -0.25) is 4.79 Å². The van der Waals surface area contributed by atoms with Crippen LogP contribution < -0.4 is 19.6 Å². The van der Waals surface area contributed by atoms with E-state index in [2.05, 4.69) is 55.7 Å². The van der Waals surface area contributed by atoms with E-state index in [9.17, 15) is 4.79 Å². The molecule has 3 aromatic carbocycles. The van der Waals surface area contributed by atoms with Gasteiger partial charge in [0.2, 0.25) is 0 Å². The first kappa shape index (κ1) is 25.3. The normalized spacial score (nSPS) is 11.1. The Bertz CT molecular complexity index is 1370.